The van der Waals surface area contributed by atoms with Crippen LogP contribution in [0.25, 0.3) is 11.3 Å². The van der Waals surface area contributed by atoms with Gasteiger partial charge in [0.2, 0.25) is 5.91 Å². The van der Waals surface area contributed by atoms with Crippen molar-refractivity contribution < 1.29 is 19.2 Å². The number of rotatable bonds is 6. The number of carbonyl (C=O) groups excluding carboxylic acids is 2. The summed E-state index contributed by atoms with van der Waals surface area (Å²) in [7, 11) is 0. The van der Waals surface area contributed by atoms with E-state index in [-0.39, 0.29) is 35.3 Å². The third-order valence-electron chi connectivity index (χ3n) is 6.88. The number of hydrogen-bond donors (Lipinski definition) is 3. The molecule has 3 N–H and O–H groups in total. The normalized spacial score (nSPS) is 31.8. The lowest BCUT2D eigenvalue weighted by molar-refractivity contribution is -0.133. The molecule has 3 saturated carbocycles. The van der Waals surface area contributed by atoms with Crippen LogP contribution in [-0.4, -0.2) is 40.8 Å². The zero-order valence-electron chi connectivity index (χ0n) is 16.4. The second-order valence-corrected chi connectivity index (χ2v) is 8.78. The molecular formula is C22H25N3O4. The fraction of sp³-hybridized carbons (Fsp3) is 0.500. The van der Waals surface area contributed by atoms with Crippen LogP contribution in [0.2, 0.25) is 0 Å². The maximum Gasteiger partial charge on any atom is 0.257 e. The minimum absolute atomic E-state index is 0.0906. The summed E-state index contributed by atoms with van der Waals surface area (Å²) in [5.41, 5.74) is 1.62. The molecule has 3 fully saturated rings. The van der Waals surface area contributed by atoms with E-state index < -0.39 is 0 Å². The van der Waals surface area contributed by atoms with Crippen molar-refractivity contribution in [2.75, 3.05) is 6.54 Å². The predicted octanol–water partition coefficient (Wildman–Crippen LogP) is 2.05. The average molecular weight is 395 g/mol. The Morgan fingerprint density at radius 1 is 1.24 bits per heavy atom. The summed E-state index contributed by atoms with van der Waals surface area (Å²) < 4.78 is 5.27. The van der Waals surface area contributed by atoms with Gasteiger partial charge in [-0.15, -0.1) is 0 Å². The van der Waals surface area contributed by atoms with Crippen LogP contribution in [0.4, 0.5) is 0 Å². The molecule has 0 radical (unpaired) electrons. The summed E-state index contributed by atoms with van der Waals surface area (Å²) >= 11 is 0. The maximum atomic E-state index is 12.8. The van der Waals surface area contributed by atoms with Gasteiger partial charge in [-0.1, -0.05) is 35.5 Å². The van der Waals surface area contributed by atoms with Crippen LogP contribution in [0.1, 0.15) is 41.8 Å². The van der Waals surface area contributed by atoms with E-state index in [0.29, 0.717) is 35.9 Å². The van der Waals surface area contributed by atoms with Crippen LogP contribution in [-0.2, 0) is 4.79 Å². The standard InChI is InChI=1S/C22H25N3O4/c1-12-18(19(25-29-12)14-5-3-2-4-6-14)20(27)24-15-7-13(8-15)11-23-21(28)22-9-16(22)17(26)10-22/h2-6,13,15-17,26H,7-11H2,1H3,(H,23,28)(H,24,27)/t13?,15?,16-,17+,22-/m0/s1. The topological polar surface area (TPSA) is 104 Å². The van der Waals surface area contributed by atoms with E-state index in [0.717, 1.165) is 24.8 Å². The van der Waals surface area contributed by atoms with Crippen LogP contribution in [0.5, 0.6) is 0 Å². The molecule has 0 bridgehead atoms. The van der Waals surface area contributed by atoms with Crippen LogP contribution < -0.4 is 10.6 Å². The number of nitrogens with one attached hydrogen (secondary N) is 2. The predicted molar refractivity (Wildman–Crippen MR) is 105 cm³/mol. The molecular weight excluding hydrogens is 370 g/mol. The molecule has 2 aromatic rings. The highest BCUT2D eigenvalue weighted by atomic mass is 16.5. The molecule has 0 spiro atoms. The summed E-state index contributed by atoms with van der Waals surface area (Å²) in [4.78, 5) is 25.1. The lowest BCUT2D eigenvalue weighted by atomic mass is 9.78. The molecule has 0 saturated heterocycles. The van der Waals surface area contributed by atoms with Crippen LogP contribution in [0.15, 0.2) is 34.9 Å². The Bertz CT molecular complexity index is 950. The Morgan fingerprint density at radius 3 is 2.66 bits per heavy atom. The smallest absolute Gasteiger partial charge is 0.257 e. The molecule has 0 aliphatic heterocycles. The van der Waals surface area contributed by atoms with E-state index in [9.17, 15) is 14.7 Å². The molecule has 3 aliphatic rings. The number of hydrogen-bond acceptors (Lipinski definition) is 5. The van der Waals surface area contributed by atoms with Crippen molar-refractivity contribution in [3.05, 3.63) is 41.7 Å². The number of fused-ring (bicyclic) bond motifs is 1. The van der Waals surface area contributed by atoms with Crippen molar-refractivity contribution in [3.63, 3.8) is 0 Å². The summed E-state index contributed by atoms with van der Waals surface area (Å²) in [5, 5.41) is 19.8. The zero-order valence-corrected chi connectivity index (χ0v) is 16.4. The lowest BCUT2D eigenvalue weighted by Crippen LogP contribution is -2.50. The SMILES string of the molecule is Cc1onc(-c2ccccc2)c1C(=O)NC1CC(CNC(=O)[C@@]23C[C@@H](O)[C@@H]2C3)C1. The first kappa shape index (κ1) is 18.4. The number of aryl methyl sites for hydroxylation is 1. The number of aliphatic hydroxyl groups is 1. The second-order valence-electron chi connectivity index (χ2n) is 8.78. The molecule has 1 aromatic heterocycles. The second kappa shape index (κ2) is 6.69. The van der Waals surface area contributed by atoms with Gasteiger partial charge in [-0.25, -0.2) is 0 Å². The molecule has 0 unspecified atom stereocenters. The van der Waals surface area contributed by atoms with Gasteiger partial charge < -0.3 is 20.3 Å². The van der Waals surface area contributed by atoms with Crippen molar-refractivity contribution in [2.45, 2.75) is 44.8 Å². The fourth-order valence-electron chi connectivity index (χ4n) is 4.90. The van der Waals surface area contributed by atoms with E-state index in [4.69, 9.17) is 4.52 Å². The van der Waals surface area contributed by atoms with Crippen molar-refractivity contribution in [1.82, 2.24) is 15.8 Å². The number of aromatic nitrogens is 1. The Morgan fingerprint density at radius 2 is 2.00 bits per heavy atom. The summed E-state index contributed by atoms with van der Waals surface area (Å²) in [6.07, 6.45) is 2.83. The molecule has 1 aromatic carbocycles. The largest absolute Gasteiger partial charge is 0.393 e. The first-order chi connectivity index (χ1) is 14.0. The molecule has 7 heteroatoms. The van der Waals surface area contributed by atoms with Crippen LogP contribution in [0, 0.1) is 24.2 Å². The van der Waals surface area contributed by atoms with Crippen molar-refractivity contribution in [2.24, 2.45) is 17.3 Å². The van der Waals surface area contributed by atoms with E-state index >= 15 is 0 Å². The fourth-order valence-corrected chi connectivity index (χ4v) is 4.90. The molecule has 1 heterocycles. The van der Waals surface area contributed by atoms with E-state index in [1.165, 1.54) is 0 Å². The first-order valence-electron chi connectivity index (χ1n) is 10.3. The molecule has 3 aliphatic carbocycles. The highest BCUT2D eigenvalue weighted by molar-refractivity contribution is 6.01. The number of aliphatic hydroxyl groups excluding tert-OH is 1. The van der Waals surface area contributed by atoms with Crippen molar-refractivity contribution in [1.29, 1.82) is 0 Å². The van der Waals surface area contributed by atoms with Gasteiger partial charge in [0, 0.05) is 24.1 Å². The van der Waals surface area contributed by atoms with Gasteiger partial charge in [0.15, 0.2) is 0 Å². The van der Waals surface area contributed by atoms with Gasteiger partial charge >= 0.3 is 0 Å². The first-order valence-corrected chi connectivity index (χ1v) is 10.3. The number of benzene rings is 1. The molecule has 152 valence electrons. The van der Waals surface area contributed by atoms with Gasteiger partial charge in [0.05, 0.1) is 11.5 Å². The number of amides is 2. The summed E-state index contributed by atoms with van der Waals surface area (Å²) in [6, 6.07) is 9.63. The maximum absolute atomic E-state index is 12.8. The van der Waals surface area contributed by atoms with Gasteiger partial charge in [-0.05, 0) is 38.5 Å². The van der Waals surface area contributed by atoms with Crippen molar-refractivity contribution in [3.8, 4) is 11.3 Å². The third-order valence-corrected chi connectivity index (χ3v) is 6.88. The van der Waals surface area contributed by atoms with Crippen LogP contribution in [0.3, 0.4) is 0 Å². The van der Waals surface area contributed by atoms with E-state index in [2.05, 4.69) is 15.8 Å². The number of nitrogens with zero attached hydrogens (tertiary/aromatic N) is 1. The monoisotopic (exact) mass is 395 g/mol. The lowest BCUT2D eigenvalue weighted by Gasteiger charge is -2.37. The minimum atomic E-state index is -0.286. The quantitative estimate of drug-likeness (QED) is 0.694. The third kappa shape index (κ3) is 3.04. The van der Waals surface area contributed by atoms with Crippen LogP contribution >= 0.6 is 0 Å². The molecule has 7 nitrogen and oxygen atoms in total. The van der Waals surface area contributed by atoms with E-state index in [1.807, 2.05) is 30.3 Å². The minimum Gasteiger partial charge on any atom is -0.393 e. The highest BCUT2D eigenvalue weighted by Crippen LogP contribution is 2.67. The summed E-state index contributed by atoms with van der Waals surface area (Å²) in [5.74, 6) is 0.984. The molecule has 3 atom stereocenters. The van der Waals surface area contributed by atoms with Gasteiger partial charge in [0.1, 0.15) is 17.0 Å². The Hall–Kier alpha value is -2.67. The Kier molecular flexibility index (Phi) is 4.24. The van der Waals surface area contributed by atoms with Gasteiger partial charge in [-0.3, -0.25) is 9.59 Å². The summed E-state index contributed by atoms with van der Waals surface area (Å²) in [6.45, 7) is 2.38. The Labute approximate surface area is 168 Å². The average Bonchev–Trinajstić information content (AvgIpc) is 3.14. The molecule has 29 heavy (non-hydrogen) atoms. The molecule has 2 amide bonds. The van der Waals surface area contributed by atoms with E-state index in [1.54, 1.807) is 6.92 Å². The Balaban J connectivity index is 1.12. The highest BCUT2D eigenvalue weighted by Gasteiger charge is 2.71. The van der Waals surface area contributed by atoms with Crippen molar-refractivity contribution >= 4 is 11.8 Å². The zero-order chi connectivity index (χ0) is 20.2. The molecule has 5 rings (SSSR count). The van der Waals surface area contributed by atoms with Gasteiger partial charge in [0.25, 0.3) is 5.91 Å². The number of carbonyl (C=O) groups is 2. The van der Waals surface area contributed by atoms with Gasteiger partial charge in [-0.2, -0.15) is 0 Å².